The number of nitrogens with one attached hydrogen (secondary N) is 1. The summed E-state index contributed by atoms with van der Waals surface area (Å²) in [6, 6.07) is 6.26. The zero-order valence-corrected chi connectivity index (χ0v) is 13.3. The highest BCUT2D eigenvalue weighted by atomic mass is 79.9. The van der Waals surface area contributed by atoms with Gasteiger partial charge >= 0.3 is 0 Å². The van der Waals surface area contributed by atoms with Crippen molar-refractivity contribution in [3.05, 3.63) is 49.3 Å². The molecule has 0 saturated carbocycles. The zero-order valence-electron chi connectivity index (χ0n) is 9.28. The third-order valence-electron chi connectivity index (χ3n) is 2.55. The number of thiophene rings is 1. The molecule has 0 saturated heterocycles. The van der Waals surface area contributed by atoms with E-state index >= 15 is 0 Å². The third kappa shape index (κ3) is 3.16. The second-order valence-electron chi connectivity index (χ2n) is 3.61. The molecule has 1 unspecified atom stereocenters. The second kappa shape index (κ2) is 6.09. The molecule has 2 heterocycles. The SMILES string of the molecule is CNC(Cc1sccc1Br)c1ncccc1Br. The smallest absolute Gasteiger partial charge is 0.0718 e. The van der Waals surface area contributed by atoms with E-state index in [1.165, 1.54) is 9.35 Å². The number of likely N-dealkylation sites (N-methyl/N-ethyl adjacent to an activating group) is 1. The molecule has 1 atom stereocenters. The van der Waals surface area contributed by atoms with Crippen molar-refractivity contribution < 1.29 is 0 Å². The number of nitrogens with zero attached hydrogens (tertiary/aromatic N) is 1. The Kier molecular flexibility index (Phi) is 4.73. The second-order valence-corrected chi connectivity index (χ2v) is 6.32. The average Bonchev–Trinajstić information content (AvgIpc) is 2.73. The lowest BCUT2D eigenvalue weighted by molar-refractivity contribution is 0.576. The predicted molar refractivity (Wildman–Crippen MR) is 79.5 cm³/mol. The fourth-order valence-corrected chi connectivity index (χ4v) is 3.74. The van der Waals surface area contributed by atoms with Gasteiger partial charge in [-0.15, -0.1) is 11.3 Å². The molecule has 0 spiro atoms. The summed E-state index contributed by atoms with van der Waals surface area (Å²) in [6.45, 7) is 0. The van der Waals surface area contributed by atoms with Crippen LogP contribution in [0, 0.1) is 0 Å². The van der Waals surface area contributed by atoms with Gasteiger partial charge in [0.05, 0.1) is 11.7 Å². The Morgan fingerprint density at radius 1 is 1.35 bits per heavy atom. The minimum Gasteiger partial charge on any atom is -0.311 e. The summed E-state index contributed by atoms with van der Waals surface area (Å²) in [5.41, 5.74) is 1.05. The highest BCUT2D eigenvalue weighted by Gasteiger charge is 2.16. The first-order valence-corrected chi connectivity index (χ1v) is 7.68. The molecule has 0 aliphatic heterocycles. The van der Waals surface area contributed by atoms with Crippen molar-refractivity contribution in [3.8, 4) is 0 Å². The van der Waals surface area contributed by atoms with E-state index < -0.39 is 0 Å². The Bertz CT molecular complexity index is 499. The van der Waals surface area contributed by atoms with Gasteiger partial charge in [-0.3, -0.25) is 4.98 Å². The maximum absolute atomic E-state index is 4.44. The van der Waals surface area contributed by atoms with Crippen LogP contribution < -0.4 is 5.32 Å². The zero-order chi connectivity index (χ0) is 12.3. The van der Waals surface area contributed by atoms with E-state index in [0.29, 0.717) is 0 Å². The molecular formula is C12H12Br2N2S. The number of pyridine rings is 1. The maximum atomic E-state index is 4.44. The van der Waals surface area contributed by atoms with Crippen molar-refractivity contribution in [2.75, 3.05) is 7.05 Å². The van der Waals surface area contributed by atoms with E-state index in [0.717, 1.165) is 16.6 Å². The van der Waals surface area contributed by atoms with Gasteiger partial charge in [0.15, 0.2) is 0 Å². The molecule has 90 valence electrons. The van der Waals surface area contributed by atoms with Crippen LogP contribution in [0.1, 0.15) is 16.6 Å². The van der Waals surface area contributed by atoms with Crippen LogP contribution in [-0.2, 0) is 6.42 Å². The van der Waals surface area contributed by atoms with Crippen LogP contribution in [-0.4, -0.2) is 12.0 Å². The van der Waals surface area contributed by atoms with Gasteiger partial charge in [0.1, 0.15) is 0 Å². The van der Waals surface area contributed by atoms with Gasteiger partial charge in [0.2, 0.25) is 0 Å². The van der Waals surface area contributed by atoms with Crippen molar-refractivity contribution in [1.29, 1.82) is 0 Å². The van der Waals surface area contributed by atoms with Crippen LogP contribution in [0.2, 0.25) is 0 Å². The molecule has 0 radical (unpaired) electrons. The average molecular weight is 376 g/mol. The van der Waals surface area contributed by atoms with Gasteiger partial charge in [-0.2, -0.15) is 0 Å². The highest BCUT2D eigenvalue weighted by molar-refractivity contribution is 9.10. The minimum absolute atomic E-state index is 0.223. The molecule has 0 bridgehead atoms. The van der Waals surface area contributed by atoms with Gasteiger partial charge in [-0.25, -0.2) is 0 Å². The van der Waals surface area contributed by atoms with Crippen LogP contribution in [0.4, 0.5) is 0 Å². The topological polar surface area (TPSA) is 24.9 Å². The summed E-state index contributed by atoms with van der Waals surface area (Å²) >= 11 is 8.88. The maximum Gasteiger partial charge on any atom is 0.0718 e. The van der Waals surface area contributed by atoms with Gasteiger partial charge in [0.25, 0.3) is 0 Å². The molecule has 0 amide bonds. The molecule has 2 rings (SSSR count). The predicted octanol–water partition coefficient (Wildman–Crippen LogP) is 4.17. The fraction of sp³-hybridized carbons (Fsp3) is 0.250. The highest BCUT2D eigenvalue weighted by Crippen LogP contribution is 2.29. The summed E-state index contributed by atoms with van der Waals surface area (Å²) in [5, 5.41) is 5.41. The molecule has 0 aliphatic rings. The number of rotatable bonds is 4. The Labute approximate surface area is 122 Å². The van der Waals surface area contributed by atoms with Crippen LogP contribution in [0.25, 0.3) is 0 Å². The Morgan fingerprint density at radius 3 is 2.76 bits per heavy atom. The van der Waals surface area contributed by atoms with Gasteiger partial charge in [0, 0.05) is 26.4 Å². The normalized spacial score (nSPS) is 12.6. The fourth-order valence-electron chi connectivity index (χ4n) is 1.65. The molecule has 0 fully saturated rings. The van der Waals surface area contributed by atoms with E-state index in [4.69, 9.17) is 0 Å². The lowest BCUT2D eigenvalue weighted by Gasteiger charge is -2.16. The van der Waals surface area contributed by atoms with E-state index in [9.17, 15) is 0 Å². The van der Waals surface area contributed by atoms with Crippen molar-refractivity contribution in [3.63, 3.8) is 0 Å². The van der Waals surface area contributed by atoms with E-state index in [1.54, 1.807) is 11.3 Å². The molecule has 2 aromatic heterocycles. The van der Waals surface area contributed by atoms with E-state index in [-0.39, 0.29) is 6.04 Å². The largest absolute Gasteiger partial charge is 0.311 e. The van der Waals surface area contributed by atoms with Crippen molar-refractivity contribution in [1.82, 2.24) is 10.3 Å². The van der Waals surface area contributed by atoms with Crippen LogP contribution in [0.15, 0.2) is 38.7 Å². The van der Waals surface area contributed by atoms with E-state index in [2.05, 4.69) is 53.6 Å². The minimum atomic E-state index is 0.223. The van der Waals surface area contributed by atoms with Crippen LogP contribution in [0.3, 0.4) is 0 Å². The third-order valence-corrected chi connectivity index (χ3v) is 5.17. The molecular weight excluding hydrogens is 364 g/mol. The number of aromatic nitrogens is 1. The van der Waals surface area contributed by atoms with Crippen LogP contribution >= 0.6 is 43.2 Å². The van der Waals surface area contributed by atoms with Gasteiger partial charge in [-0.05, 0) is 62.5 Å². The summed E-state index contributed by atoms with van der Waals surface area (Å²) in [4.78, 5) is 5.77. The Morgan fingerprint density at radius 2 is 2.18 bits per heavy atom. The number of halogens is 2. The molecule has 5 heteroatoms. The Hall–Kier alpha value is -0.230. The van der Waals surface area contributed by atoms with Crippen molar-refractivity contribution >= 4 is 43.2 Å². The summed E-state index contributed by atoms with van der Waals surface area (Å²) in [6.07, 6.45) is 2.76. The summed E-state index contributed by atoms with van der Waals surface area (Å²) in [7, 11) is 1.97. The standard InChI is InChI=1S/C12H12Br2N2S/c1-15-10(7-11-8(13)4-6-17-11)12-9(14)3-2-5-16-12/h2-6,10,15H,7H2,1H3. The molecule has 0 aromatic carbocycles. The summed E-state index contributed by atoms with van der Waals surface area (Å²) in [5.74, 6) is 0. The monoisotopic (exact) mass is 374 g/mol. The molecule has 17 heavy (non-hydrogen) atoms. The summed E-state index contributed by atoms with van der Waals surface area (Å²) < 4.78 is 2.22. The first kappa shape index (κ1) is 13.2. The molecule has 2 nitrogen and oxygen atoms in total. The lowest BCUT2D eigenvalue weighted by Crippen LogP contribution is -2.20. The van der Waals surface area contributed by atoms with E-state index in [1.807, 2.05) is 25.4 Å². The molecule has 0 aliphatic carbocycles. The van der Waals surface area contributed by atoms with Crippen LogP contribution in [0.5, 0.6) is 0 Å². The molecule has 2 aromatic rings. The lowest BCUT2D eigenvalue weighted by atomic mass is 10.1. The quantitative estimate of drug-likeness (QED) is 0.867. The molecule has 1 N–H and O–H groups in total. The first-order valence-electron chi connectivity index (χ1n) is 5.22. The van der Waals surface area contributed by atoms with Gasteiger partial charge < -0.3 is 5.32 Å². The van der Waals surface area contributed by atoms with Crippen molar-refractivity contribution in [2.24, 2.45) is 0 Å². The number of hydrogen-bond donors (Lipinski definition) is 1. The van der Waals surface area contributed by atoms with Gasteiger partial charge in [-0.1, -0.05) is 0 Å². The Balaban J connectivity index is 2.23. The first-order chi connectivity index (χ1) is 8.22. The number of hydrogen-bond acceptors (Lipinski definition) is 3. The van der Waals surface area contributed by atoms with Crippen molar-refractivity contribution in [2.45, 2.75) is 12.5 Å².